The number of hydrogen-bond acceptors (Lipinski definition) is 4. The predicted molar refractivity (Wildman–Crippen MR) is 72.3 cm³/mol. The first-order chi connectivity index (χ1) is 9.32. The van der Waals surface area contributed by atoms with Crippen LogP contribution in [-0.2, 0) is 14.8 Å². The molecule has 2 N–H and O–H groups in total. The SMILES string of the molecule is CC(=O)Nc1ccc(S(=O)(=O)N(C)C2CNC2)c(F)c1. The minimum atomic E-state index is -3.87. The maximum Gasteiger partial charge on any atom is 0.246 e. The highest BCUT2D eigenvalue weighted by Gasteiger charge is 2.33. The zero-order valence-electron chi connectivity index (χ0n) is 11.2. The fourth-order valence-corrected chi connectivity index (χ4v) is 3.27. The lowest BCUT2D eigenvalue weighted by Crippen LogP contribution is -2.57. The van der Waals surface area contributed by atoms with Crippen LogP contribution in [0.4, 0.5) is 10.1 Å². The normalized spacial score (nSPS) is 16.0. The van der Waals surface area contributed by atoms with Gasteiger partial charge >= 0.3 is 0 Å². The average Bonchev–Trinajstić information content (AvgIpc) is 2.25. The van der Waals surface area contributed by atoms with Gasteiger partial charge in [0.15, 0.2) is 0 Å². The Bertz CT molecular complexity index is 629. The molecule has 8 heteroatoms. The molecule has 0 radical (unpaired) electrons. The first-order valence-electron chi connectivity index (χ1n) is 6.08. The number of halogens is 1. The fraction of sp³-hybridized carbons (Fsp3) is 0.417. The number of sulfonamides is 1. The van der Waals surface area contributed by atoms with Crippen molar-refractivity contribution in [2.45, 2.75) is 17.9 Å². The van der Waals surface area contributed by atoms with Gasteiger partial charge in [-0.2, -0.15) is 4.31 Å². The molecule has 1 aliphatic heterocycles. The first-order valence-corrected chi connectivity index (χ1v) is 7.52. The number of benzene rings is 1. The van der Waals surface area contributed by atoms with Gasteiger partial charge < -0.3 is 10.6 Å². The van der Waals surface area contributed by atoms with Gasteiger partial charge in [-0.3, -0.25) is 4.79 Å². The maximum atomic E-state index is 14.0. The lowest BCUT2D eigenvalue weighted by molar-refractivity contribution is -0.114. The molecule has 0 aliphatic carbocycles. The topological polar surface area (TPSA) is 78.5 Å². The Balaban J connectivity index is 2.29. The number of carbonyl (C=O) groups excluding carboxylic acids is 1. The van der Waals surface area contributed by atoms with Gasteiger partial charge in [-0.1, -0.05) is 0 Å². The van der Waals surface area contributed by atoms with Gasteiger partial charge in [0, 0.05) is 38.8 Å². The second-order valence-corrected chi connectivity index (χ2v) is 6.63. The second-order valence-electron chi connectivity index (χ2n) is 4.66. The predicted octanol–water partition coefficient (Wildman–Crippen LogP) is 0.376. The quantitative estimate of drug-likeness (QED) is 0.842. The van der Waals surface area contributed by atoms with Gasteiger partial charge in [-0.05, 0) is 18.2 Å². The molecule has 110 valence electrons. The van der Waals surface area contributed by atoms with Gasteiger partial charge in [0.05, 0.1) is 0 Å². The van der Waals surface area contributed by atoms with Crippen molar-refractivity contribution < 1.29 is 17.6 Å². The Hall–Kier alpha value is -1.51. The van der Waals surface area contributed by atoms with E-state index in [2.05, 4.69) is 10.6 Å². The number of nitrogens with one attached hydrogen (secondary N) is 2. The van der Waals surface area contributed by atoms with Crippen molar-refractivity contribution in [3.63, 3.8) is 0 Å². The fourth-order valence-electron chi connectivity index (χ4n) is 1.87. The Morgan fingerprint density at radius 1 is 1.45 bits per heavy atom. The summed E-state index contributed by atoms with van der Waals surface area (Å²) in [6, 6.07) is 3.37. The van der Waals surface area contributed by atoms with E-state index >= 15 is 0 Å². The number of likely N-dealkylation sites (N-methyl/N-ethyl adjacent to an activating group) is 1. The number of anilines is 1. The Kier molecular flexibility index (Phi) is 4.07. The number of nitrogens with zero attached hydrogens (tertiary/aromatic N) is 1. The van der Waals surface area contributed by atoms with E-state index in [-0.39, 0.29) is 22.5 Å². The molecule has 6 nitrogen and oxygen atoms in total. The molecule has 1 fully saturated rings. The van der Waals surface area contributed by atoms with E-state index in [9.17, 15) is 17.6 Å². The Labute approximate surface area is 117 Å². The highest BCUT2D eigenvalue weighted by Crippen LogP contribution is 2.23. The molecule has 1 saturated heterocycles. The first kappa shape index (κ1) is 14.9. The number of amides is 1. The van der Waals surface area contributed by atoms with Crippen molar-refractivity contribution in [1.82, 2.24) is 9.62 Å². The number of rotatable bonds is 4. The van der Waals surface area contributed by atoms with Crippen LogP contribution in [0, 0.1) is 5.82 Å². The summed E-state index contributed by atoms with van der Waals surface area (Å²) in [7, 11) is -2.44. The van der Waals surface area contributed by atoms with Crippen LogP contribution in [0.1, 0.15) is 6.92 Å². The van der Waals surface area contributed by atoms with E-state index < -0.39 is 15.8 Å². The van der Waals surface area contributed by atoms with Crippen LogP contribution in [0.15, 0.2) is 23.1 Å². The van der Waals surface area contributed by atoms with Crippen molar-refractivity contribution in [3.8, 4) is 0 Å². The van der Waals surface area contributed by atoms with Crippen LogP contribution in [-0.4, -0.2) is 44.8 Å². The highest BCUT2D eigenvalue weighted by atomic mass is 32.2. The minimum absolute atomic E-state index is 0.158. The van der Waals surface area contributed by atoms with Crippen LogP contribution in [0.5, 0.6) is 0 Å². The van der Waals surface area contributed by atoms with Gasteiger partial charge in [-0.25, -0.2) is 12.8 Å². The zero-order chi connectivity index (χ0) is 14.9. The van der Waals surface area contributed by atoms with Crippen molar-refractivity contribution in [2.75, 3.05) is 25.5 Å². The zero-order valence-corrected chi connectivity index (χ0v) is 12.0. The van der Waals surface area contributed by atoms with E-state index in [0.717, 1.165) is 6.07 Å². The highest BCUT2D eigenvalue weighted by molar-refractivity contribution is 7.89. The van der Waals surface area contributed by atoms with Crippen LogP contribution in [0.3, 0.4) is 0 Å². The largest absolute Gasteiger partial charge is 0.326 e. The minimum Gasteiger partial charge on any atom is -0.326 e. The Morgan fingerprint density at radius 2 is 2.10 bits per heavy atom. The van der Waals surface area contributed by atoms with E-state index in [0.29, 0.717) is 13.1 Å². The molecule has 20 heavy (non-hydrogen) atoms. The summed E-state index contributed by atoms with van der Waals surface area (Å²) in [4.78, 5) is 10.5. The molecule has 2 rings (SSSR count). The summed E-state index contributed by atoms with van der Waals surface area (Å²) >= 11 is 0. The summed E-state index contributed by atoms with van der Waals surface area (Å²) in [5.74, 6) is -1.23. The van der Waals surface area contributed by atoms with Gasteiger partial charge in [0.1, 0.15) is 10.7 Å². The van der Waals surface area contributed by atoms with Gasteiger partial charge in [0.25, 0.3) is 0 Å². The van der Waals surface area contributed by atoms with Crippen molar-refractivity contribution >= 4 is 21.6 Å². The molecule has 0 spiro atoms. The molecule has 0 unspecified atom stereocenters. The third-order valence-corrected chi connectivity index (χ3v) is 5.13. The summed E-state index contributed by atoms with van der Waals surface area (Å²) in [5, 5.41) is 5.36. The smallest absolute Gasteiger partial charge is 0.246 e. The average molecular weight is 301 g/mol. The lowest BCUT2D eigenvalue weighted by atomic mass is 10.2. The van der Waals surface area contributed by atoms with Gasteiger partial charge in [-0.15, -0.1) is 0 Å². The molecule has 1 aromatic carbocycles. The van der Waals surface area contributed by atoms with Crippen LogP contribution < -0.4 is 10.6 Å². The summed E-state index contributed by atoms with van der Waals surface area (Å²) in [6.07, 6.45) is 0. The monoisotopic (exact) mass is 301 g/mol. The third-order valence-electron chi connectivity index (χ3n) is 3.18. The second kappa shape index (κ2) is 5.47. The van der Waals surface area contributed by atoms with Crippen LogP contribution in [0.25, 0.3) is 0 Å². The molecule has 0 aromatic heterocycles. The summed E-state index contributed by atoms with van der Waals surface area (Å²) < 4.78 is 39.7. The lowest BCUT2D eigenvalue weighted by Gasteiger charge is -2.34. The summed E-state index contributed by atoms with van der Waals surface area (Å²) in [5.41, 5.74) is 0.224. The van der Waals surface area contributed by atoms with Crippen molar-refractivity contribution in [1.29, 1.82) is 0 Å². The third kappa shape index (κ3) is 2.82. The molecular formula is C12H16FN3O3S. The number of hydrogen-bond donors (Lipinski definition) is 2. The van der Waals surface area contributed by atoms with E-state index in [1.165, 1.54) is 30.4 Å². The molecule has 0 saturated carbocycles. The molecule has 1 aliphatic rings. The number of carbonyl (C=O) groups is 1. The van der Waals surface area contributed by atoms with E-state index in [4.69, 9.17) is 0 Å². The molecule has 0 atom stereocenters. The van der Waals surface area contributed by atoms with Crippen molar-refractivity contribution in [3.05, 3.63) is 24.0 Å². The molecule has 0 bridgehead atoms. The molecule has 1 amide bonds. The van der Waals surface area contributed by atoms with E-state index in [1.807, 2.05) is 0 Å². The molecule has 1 heterocycles. The van der Waals surface area contributed by atoms with Crippen LogP contribution in [0.2, 0.25) is 0 Å². The van der Waals surface area contributed by atoms with Crippen LogP contribution >= 0.6 is 0 Å². The van der Waals surface area contributed by atoms with Crippen molar-refractivity contribution in [2.24, 2.45) is 0 Å². The van der Waals surface area contributed by atoms with Gasteiger partial charge in [0.2, 0.25) is 15.9 Å². The maximum absolute atomic E-state index is 14.0. The summed E-state index contributed by atoms with van der Waals surface area (Å²) in [6.45, 7) is 2.41. The van der Waals surface area contributed by atoms with E-state index in [1.54, 1.807) is 0 Å². The Morgan fingerprint density at radius 3 is 2.55 bits per heavy atom. The molecular weight excluding hydrogens is 285 g/mol. The molecule has 1 aromatic rings. The standard InChI is InChI=1S/C12H16FN3O3S/c1-8(17)15-9-3-4-12(11(13)5-9)20(18,19)16(2)10-6-14-7-10/h3-5,10,14H,6-7H2,1-2H3,(H,15,17).